The average molecular weight is 330 g/mol. The molecule has 1 aliphatic rings. The van der Waals surface area contributed by atoms with Crippen LogP contribution in [0.15, 0.2) is 30.6 Å². The van der Waals surface area contributed by atoms with Crippen molar-refractivity contribution in [1.29, 1.82) is 0 Å². The van der Waals surface area contributed by atoms with Crippen molar-refractivity contribution in [3.8, 4) is 0 Å². The van der Waals surface area contributed by atoms with Crippen LogP contribution in [0.1, 0.15) is 38.5 Å². The lowest BCUT2D eigenvalue weighted by molar-refractivity contribution is -0.124. The Morgan fingerprint density at radius 2 is 2.17 bits per heavy atom. The molecule has 2 aromatic rings. The van der Waals surface area contributed by atoms with Crippen molar-refractivity contribution < 1.29 is 14.3 Å². The summed E-state index contributed by atoms with van der Waals surface area (Å²) in [6.45, 7) is 0.110. The van der Waals surface area contributed by atoms with Crippen LogP contribution in [0, 0.1) is 0 Å². The molecule has 23 heavy (non-hydrogen) atoms. The maximum absolute atomic E-state index is 12.0. The minimum Gasteiger partial charge on any atom is -0.451 e. The van der Waals surface area contributed by atoms with Gasteiger partial charge in [0.1, 0.15) is 4.88 Å². The molecule has 120 valence electrons. The predicted octanol–water partition coefficient (Wildman–Crippen LogP) is 2.50. The topological polar surface area (TPSA) is 68.3 Å². The van der Waals surface area contributed by atoms with Gasteiger partial charge in [-0.05, 0) is 48.9 Å². The molecule has 0 saturated heterocycles. The van der Waals surface area contributed by atoms with Crippen LogP contribution >= 0.6 is 11.3 Å². The summed E-state index contributed by atoms with van der Waals surface area (Å²) in [6.07, 6.45) is 7.79. The minimum absolute atomic E-state index is 0.262. The zero-order valence-corrected chi connectivity index (χ0v) is 13.5. The maximum Gasteiger partial charge on any atom is 0.348 e. The standard InChI is InChI=1S/C17H18N2O3S/c20-16(19-10-12-4-3-7-18-9-12)11-22-17(21)15-8-13-5-1-2-6-14(13)23-15/h3-4,7-9H,1-2,5-6,10-11H2,(H,19,20). The van der Waals surface area contributed by atoms with Gasteiger partial charge in [-0.25, -0.2) is 4.79 Å². The van der Waals surface area contributed by atoms with Gasteiger partial charge < -0.3 is 10.1 Å². The fourth-order valence-electron chi connectivity index (χ4n) is 2.55. The molecule has 0 spiro atoms. The Bertz CT molecular complexity index is 674. The number of fused-ring (bicyclic) bond motifs is 1. The SMILES string of the molecule is O=C(COC(=O)c1cc2c(s1)CCCC2)NCc1cccnc1. The van der Waals surface area contributed by atoms with Gasteiger partial charge in [-0.2, -0.15) is 0 Å². The highest BCUT2D eigenvalue weighted by Gasteiger charge is 2.18. The van der Waals surface area contributed by atoms with Crippen LogP contribution in [0.5, 0.6) is 0 Å². The first kappa shape index (κ1) is 15.7. The predicted molar refractivity (Wildman–Crippen MR) is 87.3 cm³/mol. The monoisotopic (exact) mass is 330 g/mol. The van der Waals surface area contributed by atoms with Gasteiger partial charge >= 0.3 is 5.97 Å². The molecule has 2 aromatic heterocycles. The number of nitrogens with one attached hydrogen (secondary N) is 1. The van der Waals surface area contributed by atoms with E-state index >= 15 is 0 Å². The molecule has 3 rings (SSSR count). The first-order valence-electron chi connectivity index (χ1n) is 7.66. The summed E-state index contributed by atoms with van der Waals surface area (Å²) >= 11 is 1.49. The Labute approximate surface area is 138 Å². The molecule has 2 heterocycles. The van der Waals surface area contributed by atoms with Gasteiger partial charge in [0.15, 0.2) is 6.61 Å². The summed E-state index contributed by atoms with van der Waals surface area (Å²) in [5.74, 6) is -0.732. The number of pyridine rings is 1. The van der Waals surface area contributed by atoms with E-state index in [1.165, 1.54) is 34.6 Å². The van der Waals surface area contributed by atoms with E-state index in [9.17, 15) is 9.59 Å². The molecule has 1 amide bonds. The van der Waals surface area contributed by atoms with Gasteiger partial charge in [-0.3, -0.25) is 9.78 Å². The van der Waals surface area contributed by atoms with Gasteiger partial charge in [-0.15, -0.1) is 11.3 Å². The Balaban J connectivity index is 1.47. The van der Waals surface area contributed by atoms with E-state index in [1.807, 2.05) is 12.1 Å². The zero-order chi connectivity index (χ0) is 16.1. The number of carbonyl (C=O) groups excluding carboxylic acids is 2. The number of hydrogen-bond donors (Lipinski definition) is 1. The van der Waals surface area contributed by atoms with Crippen LogP contribution in [0.4, 0.5) is 0 Å². The second kappa shape index (κ2) is 7.37. The molecule has 0 radical (unpaired) electrons. The van der Waals surface area contributed by atoms with Gasteiger partial charge in [0.05, 0.1) is 0 Å². The molecule has 1 aliphatic carbocycles. The summed E-state index contributed by atoms with van der Waals surface area (Å²) in [5, 5.41) is 2.70. The van der Waals surface area contributed by atoms with E-state index in [0.29, 0.717) is 11.4 Å². The number of amides is 1. The van der Waals surface area contributed by atoms with E-state index in [0.717, 1.165) is 18.4 Å². The van der Waals surface area contributed by atoms with Crippen molar-refractivity contribution in [2.75, 3.05) is 6.61 Å². The van der Waals surface area contributed by atoms with Crippen LogP contribution in [0.3, 0.4) is 0 Å². The van der Waals surface area contributed by atoms with Crippen molar-refractivity contribution in [1.82, 2.24) is 10.3 Å². The van der Waals surface area contributed by atoms with Crippen LogP contribution < -0.4 is 5.32 Å². The summed E-state index contributed by atoms with van der Waals surface area (Å²) in [7, 11) is 0. The normalized spacial score (nSPS) is 13.2. The molecule has 0 unspecified atom stereocenters. The molecule has 6 heteroatoms. The Hall–Kier alpha value is -2.21. The lowest BCUT2D eigenvalue weighted by Crippen LogP contribution is -2.28. The highest BCUT2D eigenvalue weighted by Crippen LogP contribution is 2.29. The second-order valence-corrected chi connectivity index (χ2v) is 6.62. The number of carbonyl (C=O) groups is 2. The van der Waals surface area contributed by atoms with Gasteiger partial charge in [-0.1, -0.05) is 6.07 Å². The number of nitrogens with zero attached hydrogens (tertiary/aromatic N) is 1. The Kier molecular flexibility index (Phi) is 5.02. The number of rotatable bonds is 5. The zero-order valence-electron chi connectivity index (χ0n) is 12.7. The number of aromatic nitrogens is 1. The van der Waals surface area contributed by atoms with Crippen molar-refractivity contribution in [3.05, 3.63) is 51.5 Å². The highest BCUT2D eigenvalue weighted by molar-refractivity contribution is 7.14. The number of aryl methyl sites for hydroxylation is 2. The third-order valence-electron chi connectivity index (χ3n) is 3.74. The molecule has 0 saturated carbocycles. The number of hydrogen-bond acceptors (Lipinski definition) is 5. The van der Waals surface area contributed by atoms with Crippen molar-refractivity contribution >= 4 is 23.2 Å². The molecule has 0 bridgehead atoms. The van der Waals surface area contributed by atoms with Crippen LogP contribution in [-0.4, -0.2) is 23.5 Å². The quantitative estimate of drug-likeness (QED) is 0.855. The first-order valence-corrected chi connectivity index (χ1v) is 8.48. The highest BCUT2D eigenvalue weighted by atomic mass is 32.1. The van der Waals surface area contributed by atoms with Gasteiger partial charge in [0.25, 0.3) is 5.91 Å². The summed E-state index contributed by atoms with van der Waals surface area (Å²) in [6, 6.07) is 5.59. The van der Waals surface area contributed by atoms with E-state index in [1.54, 1.807) is 18.5 Å². The fraction of sp³-hybridized carbons (Fsp3) is 0.353. The van der Waals surface area contributed by atoms with Gasteiger partial charge in [0.2, 0.25) is 0 Å². The molecule has 0 aliphatic heterocycles. The van der Waals surface area contributed by atoms with E-state index < -0.39 is 5.97 Å². The third-order valence-corrected chi connectivity index (χ3v) is 4.96. The fourth-order valence-corrected chi connectivity index (χ4v) is 3.70. The molecular formula is C17H18N2O3S. The van der Waals surface area contributed by atoms with Crippen molar-refractivity contribution in [2.45, 2.75) is 32.2 Å². The van der Waals surface area contributed by atoms with E-state index in [2.05, 4.69) is 10.3 Å². The minimum atomic E-state index is -0.416. The maximum atomic E-state index is 12.0. The number of ether oxygens (including phenoxy) is 1. The Morgan fingerprint density at radius 1 is 1.30 bits per heavy atom. The number of thiophene rings is 1. The van der Waals surface area contributed by atoms with Crippen LogP contribution in [0.25, 0.3) is 0 Å². The molecule has 5 nitrogen and oxygen atoms in total. The van der Waals surface area contributed by atoms with Crippen LogP contribution in [0.2, 0.25) is 0 Å². The van der Waals surface area contributed by atoms with E-state index in [-0.39, 0.29) is 12.5 Å². The van der Waals surface area contributed by atoms with Crippen molar-refractivity contribution in [3.63, 3.8) is 0 Å². The molecular weight excluding hydrogens is 312 g/mol. The number of esters is 1. The van der Waals surface area contributed by atoms with E-state index in [4.69, 9.17) is 4.74 Å². The average Bonchev–Trinajstić information content (AvgIpc) is 3.03. The molecule has 1 N–H and O–H groups in total. The second-order valence-electron chi connectivity index (χ2n) is 5.48. The molecule has 0 aromatic carbocycles. The molecule has 0 fully saturated rings. The lowest BCUT2D eigenvalue weighted by Gasteiger charge is -2.08. The molecule has 0 atom stereocenters. The summed E-state index contributed by atoms with van der Waals surface area (Å²) in [5.41, 5.74) is 2.16. The largest absolute Gasteiger partial charge is 0.451 e. The Morgan fingerprint density at radius 3 is 2.96 bits per heavy atom. The van der Waals surface area contributed by atoms with Crippen molar-refractivity contribution in [2.24, 2.45) is 0 Å². The van der Waals surface area contributed by atoms with Crippen LogP contribution in [-0.2, 0) is 28.9 Å². The third kappa shape index (κ3) is 4.16. The smallest absolute Gasteiger partial charge is 0.348 e. The van der Waals surface area contributed by atoms with Gasteiger partial charge in [0, 0.05) is 23.8 Å². The first-order chi connectivity index (χ1) is 11.2. The summed E-state index contributed by atoms with van der Waals surface area (Å²) in [4.78, 5) is 29.6. The lowest BCUT2D eigenvalue weighted by atomic mass is 9.99. The summed E-state index contributed by atoms with van der Waals surface area (Å²) < 4.78 is 5.10.